The number of fused-ring (bicyclic) bond motifs is 2. The monoisotopic (exact) mass is 405 g/mol. The minimum atomic E-state index is -0.796. The number of rotatable bonds is 3. The van der Waals surface area contributed by atoms with Gasteiger partial charge in [0.25, 0.3) is 5.56 Å². The van der Waals surface area contributed by atoms with E-state index < -0.39 is 5.97 Å². The van der Waals surface area contributed by atoms with E-state index >= 15 is 0 Å². The summed E-state index contributed by atoms with van der Waals surface area (Å²) in [5.41, 5.74) is 7.83. The maximum atomic E-state index is 13.6. The fraction of sp³-hybridized carbons (Fsp3) is 0.300. The number of nitrogens with one attached hydrogen (secondary N) is 1. The molecule has 0 bridgehead atoms. The molecule has 152 valence electrons. The molecule has 0 spiro atoms. The predicted molar refractivity (Wildman–Crippen MR) is 110 cm³/mol. The van der Waals surface area contributed by atoms with Crippen LogP contribution in [-0.2, 0) is 4.79 Å². The summed E-state index contributed by atoms with van der Waals surface area (Å²) in [6.45, 7) is 0. The molecule has 1 aliphatic rings. The lowest BCUT2D eigenvalue weighted by Crippen LogP contribution is -2.32. The van der Waals surface area contributed by atoms with Crippen molar-refractivity contribution in [2.24, 2.45) is 5.92 Å². The number of H-pyrrole nitrogens is 1. The Morgan fingerprint density at radius 3 is 2.67 bits per heavy atom. The summed E-state index contributed by atoms with van der Waals surface area (Å²) < 4.78 is 1.59. The maximum Gasteiger partial charge on any atom is 0.306 e. The van der Waals surface area contributed by atoms with E-state index in [-0.39, 0.29) is 29.0 Å². The van der Waals surface area contributed by atoms with Crippen molar-refractivity contribution in [1.82, 2.24) is 29.7 Å². The number of nitrogen functional groups attached to an aromatic ring is 1. The van der Waals surface area contributed by atoms with Gasteiger partial charge < -0.3 is 10.8 Å². The molecule has 10 nitrogen and oxygen atoms in total. The second kappa shape index (κ2) is 6.90. The molecule has 4 N–H and O–H groups in total. The van der Waals surface area contributed by atoms with Gasteiger partial charge in [0.2, 0.25) is 0 Å². The summed E-state index contributed by atoms with van der Waals surface area (Å²) in [6.07, 6.45) is 3.41. The Hall–Kier alpha value is -3.82. The number of aromatic amines is 1. The van der Waals surface area contributed by atoms with Gasteiger partial charge in [-0.25, -0.2) is 15.0 Å². The van der Waals surface area contributed by atoms with E-state index in [0.29, 0.717) is 42.5 Å². The lowest BCUT2D eigenvalue weighted by Gasteiger charge is -2.28. The first kappa shape index (κ1) is 18.2. The molecule has 0 amide bonds. The van der Waals surface area contributed by atoms with Crippen LogP contribution >= 0.6 is 0 Å². The van der Waals surface area contributed by atoms with Crippen LogP contribution in [0.25, 0.3) is 33.5 Å². The highest BCUT2D eigenvalue weighted by Crippen LogP contribution is 2.34. The lowest BCUT2D eigenvalue weighted by molar-refractivity contribution is -0.143. The van der Waals surface area contributed by atoms with Crippen molar-refractivity contribution in [3.8, 4) is 11.4 Å². The van der Waals surface area contributed by atoms with Crippen molar-refractivity contribution in [3.63, 3.8) is 0 Å². The molecule has 0 unspecified atom stereocenters. The van der Waals surface area contributed by atoms with Crippen LogP contribution < -0.4 is 11.3 Å². The number of aliphatic carboxylic acids is 1. The van der Waals surface area contributed by atoms with Gasteiger partial charge in [-0.05, 0) is 31.7 Å². The summed E-state index contributed by atoms with van der Waals surface area (Å²) in [4.78, 5) is 37.7. The third kappa shape index (κ3) is 2.79. The van der Waals surface area contributed by atoms with Crippen molar-refractivity contribution in [1.29, 1.82) is 0 Å². The molecule has 3 heterocycles. The molecule has 1 fully saturated rings. The molecular formula is C20H19N7O3. The Kier molecular flexibility index (Phi) is 4.19. The van der Waals surface area contributed by atoms with Gasteiger partial charge in [-0.15, -0.1) is 0 Å². The SMILES string of the molecule is Nc1ncnc2c1nc(-c1n[nH]c3ccccc13)c(=O)n2C1CCC(C(=O)O)CC1. The molecule has 1 aromatic carbocycles. The zero-order valence-electron chi connectivity index (χ0n) is 15.9. The zero-order chi connectivity index (χ0) is 20.8. The minimum Gasteiger partial charge on any atom is -0.481 e. The summed E-state index contributed by atoms with van der Waals surface area (Å²) >= 11 is 0. The van der Waals surface area contributed by atoms with E-state index in [2.05, 4.69) is 25.1 Å². The number of nitrogens with zero attached hydrogens (tertiary/aromatic N) is 5. The van der Waals surface area contributed by atoms with Crippen LogP contribution in [0.15, 0.2) is 35.4 Å². The highest BCUT2D eigenvalue weighted by atomic mass is 16.4. The smallest absolute Gasteiger partial charge is 0.306 e. The van der Waals surface area contributed by atoms with Crippen LogP contribution in [0, 0.1) is 5.92 Å². The van der Waals surface area contributed by atoms with Gasteiger partial charge in [0.15, 0.2) is 17.2 Å². The first-order valence-electron chi connectivity index (χ1n) is 9.73. The summed E-state index contributed by atoms with van der Waals surface area (Å²) in [5, 5.41) is 17.3. The van der Waals surface area contributed by atoms with Gasteiger partial charge in [0, 0.05) is 11.4 Å². The highest BCUT2D eigenvalue weighted by molar-refractivity contribution is 5.93. The molecule has 1 saturated carbocycles. The zero-order valence-corrected chi connectivity index (χ0v) is 15.9. The number of hydrogen-bond donors (Lipinski definition) is 3. The first-order chi connectivity index (χ1) is 14.5. The second-order valence-corrected chi connectivity index (χ2v) is 7.53. The Bertz CT molecular complexity index is 1340. The van der Waals surface area contributed by atoms with Crippen LogP contribution in [0.5, 0.6) is 0 Å². The average molecular weight is 405 g/mol. The standard InChI is InChI=1S/C20H19N7O3/c21-17-16-18(23-9-22-17)27(11-7-5-10(6-8-11)20(29)30)19(28)15(24-16)14-12-3-1-2-4-13(12)25-26-14/h1-4,9-11H,5-8H2,(H,25,26)(H,29,30)(H2,21,22,23). The molecule has 0 aliphatic heterocycles. The minimum absolute atomic E-state index is 0.168. The Morgan fingerprint density at radius 1 is 1.13 bits per heavy atom. The molecule has 1 aliphatic carbocycles. The number of aromatic nitrogens is 6. The normalized spacial score (nSPS) is 19.3. The van der Waals surface area contributed by atoms with Gasteiger partial charge >= 0.3 is 5.97 Å². The summed E-state index contributed by atoms with van der Waals surface area (Å²) in [7, 11) is 0. The van der Waals surface area contributed by atoms with Crippen molar-refractivity contribution in [2.75, 3.05) is 5.73 Å². The number of carboxylic acids is 1. The molecule has 30 heavy (non-hydrogen) atoms. The highest BCUT2D eigenvalue weighted by Gasteiger charge is 2.30. The van der Waals surface area contributed by atoms with Gasteiger partial charge in [0.1, 0.15) is 17.5 Å². The Morgan fingerprint density at radius 2 is 1.90 bits per heavy atom. The van der Waals surface area contributed by atoms with Crippen molar-refractivity contribution in [3.05, 3.63) is 40.9 Å². The number of carboxylic acid groups (broad SMARTS) is 1. The van der Waals surface area contributed by atoms with Gasteiger partial charge in [-0.2, -0.15) is 5.10 Å². The predicted octanol–water partition coefficient (Wildman–Crippen LogP) is 2.13. The lowest BCUT2D eigenvalue weighted by atomic mass is 9.86. The molecular weight excluding hydrogens is 386 g/mol. The molecule has 10 heteroatoms. The molecule has 0 radical (unpaired) electrons. The van der Waals surface area contributed by atoms with E-state index in [0.717, 1.165) is 10.9 Å². The number of anilines is 1. The van der Waals surface area contributed by atoms with Crippen LogP contribution in [-0.4, -0.2) is 40.8 Å². The summed E-state index contributed by atoms with van der Waals surface area (Å²) in [5.74, 6) is -1.01. The molecule has 5 rings (SSSR count). The van der Waals surface area contributed by atoms with Crippen molar-refractivity contribution in [2.45, 2.75) is 31.7 Å². The van der Waals surface area contributed by atoms with E-state index in [1.807, 2.05) is 24.3 Å². The van der Waals surface area contributed by atoms with E-state index in [9.17, 15) is 14.7 Å². The van der Waals surface area contributed by atoms with Gasteiger partial charge in [-0.3, -0.25) is 19.3 Å². The fourth-order valence-corrected chi connectivity index (χ4v) is 4.25. The first-order valence-corrected chi connectivity index (χ1v) is 9.73. The van der Waals surface area contributed by atoms with Crippen molar-refractivity contribution >= 4 is 33.9 Å². The van der Waals surface area contributed by atoms with Crippen LogP contribution in [0.4, 0.5) is 5.82 Å². The Labute approximate surface area is 169 Å². The number of nitrogens with two attached hydrogens (primary N) is 1. The third-order valence-electron chi connectivity index (χ3n) is 5.81. The number of benzene rings is 1. The van der Waals surface area contributed by atoms with Crippen LogP contribution in [0.1, 0.15) is 31.7 Å². The fourth-order valence-electron chi connectivity index (χ4n) is 4.25. The van der Waals surface area contributed by atoms with Crippen molar-refractivity contribution < 1.29 is 9.90 Å². The molecule has 0 saturated heterocycles. The average Bonchev–Trinajstić information content (AvgIpc) is 3.18. The van der Waals surface area contributed by atoms with Crippen LogP contribution in [0.3, 0.4) is 0 Å². The van der Waals surface area contributed by atoms with E-state index in [1.54, 1.807) is 4.57 Å². The quantitative estimate of drug-likeness (QED) is 0.468. The third-order valence-corrected chi connectivity index (χ3v) is 5.81. The number of carbonyl (C=O) groups is 1. The van der Waals surface area contributed by atoms with Gasteiger partial charge in [-0.1, -0.05) is 18.2 Å². The molecule has 4 aromatic rings. The number of para-hydroxylation sites is 1. The second-order valence-electron chi connectivity index (χ2n) is 7.53. The van der Waals surface area contributed by atoms with Gasteiger partial charge in [0.05, 0.1) is 11.4 Å². The van der Waals surface area contributed by atoms with E-state index in [4.69, 9.17) is 5.73 Å². The number of hydrogen-bond acceptors (Lipinski definition) is 7. The van der Waals surface area contributed by atoms with Crippen LogP contribution in [0.2, 0.25) is 0 Å². The topological polar surface area (TPSA) is 153 Å². The molecule has 0 atom stereocenters. The summed E-state index contributed by atoms with van der Waals surface area (Å²) in [6, 6.07) is 7.29. The van der Waals surface area contributed by atoms with E-state index in [1.165, 1.54) is 6.33 Å². The Balaban J connectivity index is 1.72. The molecule has 3 aromatic heterocycles. The maximum absolute atomic E-state index is 13.6. The largest absolute Gasteiger partial charge is 0.481 e.